The summed E-state index contributed by atoms with van der Waals surface area (Å²) < 4.78 is 8.04. The van der Waals surface area contributed by atoms with E-state index in [0.717, 1.165) is 40.8 Å². The minimum Gasteiger partial charge on any atom is -0.493 e. The second kappa shape index (κ2) is 6.51. The SMILES string of the molecule is Cc1ccc(CNCc2cc(Br)cc3c2OCC3)cc1Br. The Morgan fingerprint density at radius 3 is 2.81 bits per heavy atom. The lowest BCUT2D eigenvalue weighted by Gasteiger charge is -2.11. The molecule has 2 nitrogen and oxygen atoms in total. The fourth-order valence-corrected chi connectivity index (χ4v) is 3.54. The Kier molecular flexibility index (Phi) is 4.67. The second-order valence-electron chi connectivity index (χ2n) is 5.34. The number of ether oxygens (including phenoxy) is 1. The summed E-state index contributed by atoms with van der Waals surface area (Å²) in [4.78, 5) is 0. The van der Waals surface area contributed by atoms with Gasteiger partial charge in [0.05, 0.1) is 6.61 Å². The smallest absolute Gasteiger partial charge is 0.127 e. The van der Waals surface area contributed by atoms with E-state index in [-0.39, 0.29) is 0 Å². The van der Waals surface area contributed by atoms with Crippen molar-refractivity contribution in [1.82, 2.24) is 5.32 Å². The normalized spacial score (nSPS) is 13.1. The van der Waals surface area contributed by atoms with Crippen molar-refractivity contribution in [2.24, 2.45) is 0 Å². The average molecular weight is 411 g/mol. The maximum atomic E-state index is 5.75. The van der Waals surface area contributed by atoms with Gasteiger partial charge < -0.3 is 10.1 Å². The van der Waals surface area contributed by atoms with Crippen LogP contribution in [0.2, 0.25) is 0 Å². The Morgan fingerprint density at radius 1 is 1.14 bits per heavy atom. The lowest BCUT2D eigenvalue weighted by molar-refractivity contribution is 0.352. The van der Waals surface area contributed by atoms with Crippen LogP contribution < -0.4 is 10.1 Å². The molecule has 0 unspecified atom stereocenters. The molecule has 21 heavy (non-hydrogen) atoms. The minimum atomic E-state index is 0.795. The highest BCUT2D eigenvalue weighted by Gasteiger charge is 2.17. The number of rotatable bonds is 4. The topological polar surface area (TPSA) is 21.3 Å². The number of benzene rings is 2. The number of aryl methyl sites for hydroxylation is 1. The van der Waals surface area contributed by atoms with E-state index in [1.807, 2.05) is 0 Å². The third kappa shape index (κ3) is 3.50. The summed E-state index contributed by atoms with van der Waals surface area (Å²) in [5, 5.41) is 3.50. The summed E-state index contributed by atoms with van der Waals surface area (Å²) in [6, 6.07) is 10.8. The monoisotopic (exact) mass is 409 g/mol. The summed E-state index contributed by atoms with van der Waals surface area (Å²) >= 11 is 7.16. The molecule has 110 valence electrons. The Bertz CT molecular complexity index is 670. The molecular formula is C17H17Br2NO. The van der Waals surface area contributed by atoms with Gasteiger partial charge in [-0.2, -0.15) is 0 Å². The summed E-state index contributed by atoms with van der Waals surface area (Å²) in [7, 11) is 0. The van der Waals surface area contributed by atoms with Crippen molar-refractivity contribution in [2.45, 2.75) is 26.4 Å². The van der Waals surface area contributed by atoms with Crippen LogP contribution in [-0.2, 0) is 19.5 Å². The van der Waals surface area contributed by atoms with Gasteiger partial charge in [0.15, 0.2) is 0 Å². The molecule has 0 aromatic heterocycles. The van der Waals surface area contributed by atoms with Crippen LogP contribution in [-0.4, -0.2) is 6.61 Å². The zero-order valence-electron chi connectivity index (χ0n) is 11.9. The second-order valence-corrected chi connectivity index (χ2v) is 7.11. The van der Waals surface area contributed by atoms with Gasteiger partial charge >= 0.3 is 0 Å². The standard InChI is InChI=1S/C17H17Br2NO/c1-11-2-3-12(6-16(11)19)9-20-10-14-8-15(18)7-13-4-5-21-17(13)14/h2-3,6-8,20H,4-5,9-10H2,1H3. The molecule has 0 atom stereocenters. The minimum absolute atomic E-state index is 0.795. The van der Waals surface area contributed by atoms with Gasteiger partial charge in [0.1, 0.15) is 5.75 Å². The first kappa shape index (κ1) is 15.1. The predicted octanol–water partition coefficient (Wildman–Crippen LogP) is 4.74. The van der Waals surface area contributed by atoms with E-state index in [1.165, 1.54) is 22.3 Å². The zero-order valence-corrected chi connectivity index (χ0v) is 15.1. The van der Waals surface area contributed by atoms with Crippen LogP contribution in [0, 0.1) is 6.92 Å². The Balaban J connectivity index is 1.67. The van der Waals surface area contributed by atoms with Crippen molar-refractivity contribution >= 4 is 31.9 Å². The largest absolute Gasteiger partial charge is 0.493 e. The molecule has 0 saturated heterocycles. The van der Waals surface area contributed by atoms with E-state index >= 15 is 0 Å². The molecule has 0 fully saturated rings. The van der Waals surface area contributed by atoms with Crippen molar-refractivity contribution in [3.05, 3.63) is 61.5 Å². The highest BCUT2D eigenvalue weighted by molar-refractivity contribution is 9.10. The van der Waals surface area contributed by atoms with Crippen LogP contribution in [0.5, 0.6) is 5.75 Å². The Labute approximate surface area is 142 Å². The molecule has 0 saturated carbocycles. The summed E-state index contributed by atoms with van der Waals surface area (Å²) in [6.45, 7) is 4.56. The van der Waals surface area contributed by atoms with Crippen molar-refractivity contribution in [1.29, 1.82) is 0 Å². The van der Waals surface area contributed by atoms with E-state index in [2.05, 4.69) is 74.4 Å². The molecule has 1 aliphatic heterocycles. The molecular weight excluding hydrogens is 394 g/mol. The van der Waals surface area contributed by atoms with Crippen molar-refractivity contribution in [2.75, 3.05) is 6.61 Å². The quantitative estimate of drug-likeness (QED) is 0.785. The van der Waals surface area contributed by atoms with Crippen molar-refractivity contribution in [3.8, 4) is 5.75 Å². The van der Waals surface area contributed by atoms with Gasteiger partial charge in [-0.1, -0.05) is 44.0 Å². The van der Waals surface area contributed by atoms with Gasteiger partial charge in [0.25, 0.3) is 0 Å². The Hall–Kier alpha value is -0.840. The number of hydrogen-bond acceptors (Lipinski definition) is 2. The fraction of sp³-hybridized carbons (Fsp3) is 0.294. The van der Waals surface area contributed by atoms with Crippen molar-refractivity contribution in [3.63, 3.8) is 0 Å². The van der Waals surface area contributed by atoms with Crippen molar-refractivity contribution < 1.29 is 4.74 Å². The Morgan fingerprint density at radius 2 is 2.00 bits per heavy atom. The molecule has 0 spiro atoms. The predicted molar refractivity (Wildman–Crippen MR) is 92.8 cm³/mol. The van der Waals surface area contributed by atoms with Crippen LogP contribution in [0.25, 0.3) is 0 Å². The lowest BCUT2D eigenvalue weighted by atomic mass is 10.1. The van der Waals surface area contributed by atoms with E-state index in [0.29, 0.717) is 0 Å². The van der Waals surface area contributed by atoms with Crippen LogP contribution in [0.1, 0.15) is 22.3 Å². The number of nitrogens with one attached hydrogen (secondary N) is 1. The number of hydrogen-bond donors (Lipinski definition) is 1. The number of halogens is 2. The van der Waals surface area contributed by atoms with Gasteiger partial charge in [-0.25, -0.2) is 0 Å². The van der Waals surface area contributed by atoms with E-state index in [1.54, 1.807) is 0 Å². The molecule has 4 heteroatoms. The molecule has 2 aromatic carbocycles. The molecule has 1 N–H and O–H groups in total. The first-order chi connectivity index (χ1) is 10.1. The highest BCUT2D eigenvalue weighted by atomic mass is 79.9. The zero-order chi connectivity index (χ0) is 14.8. The van der Waals surface area contributed by atoms with Gasteiger partial charge in [-0.15, -0.1) is 0 Å². The van der Waals surface area contributed by atoms with Crippen LogP contribution >= 0.6 is 31.9 Å². The summed E-state index contributed by atoms with van der Waals surface area (Å²) in [6.07, 6.45) is 1.01. The van der Waals surface area contributed by atoms with Gasteiger partial charge in [-0.05, 0) is 41.8 Å². The third-order valence-corrected chi connectivity index (χ3v) is 5.02. The molecule has 0 radical (unpaired) electrons. The molecule has 2 aromatic rings. The molecule has 1 aliphatic rings. The van der Waals surface area contributed by atoms with Gasteiger partial charge in [0, 0.05) is 34.0 Å². The maximum absolute atomic E-state index is 5.75. The number of fused-ring (bicyclic) bond motifs is 1. The van der Waals surface area contributed by atoms with Crippen LogP contribution in [0.15, 0.2) is 39.3 Å². The lowest BCUT2D eigenvalue weighted by Crippen LogP contribution is -2.13. The average Bonchev–Trinajstić information content (AvgIpc) is 2.91. The molecule has 3 rings (SSSR count). The first-order valence-corrected chi connectivity index (χ1v) is 8.62. The summed E-state index contributed by atoms with van der Waals surface area (Å²) in [5.41, 5.74) is 5.07. The molecule has 0 amide bonds. The van der Waals surface area contributed by atoms with E-state index in [4.69, 9.17) is 4.74 Å². The first-order valence-electron chi connectivity index (χ1n) is 7.03. The van der Waals surface area contributed by atoms with E-state index < -0.39 is 0 Å². The maximum Gasteiger partial charge on any atom is 0.127 e. The van der Waals surface area contributed by atoms with E-state index in [9.17, 15) is 0 Å². The fourth-order valence-electron chi connectivity index (χ4n) is 2.57. The molecule has 0 aliphatic carbocycles. The molecule has 0 bridgehead atoms. The van der Waals surface area contributed by atoms with Crippen LogP contribution in [0.4, 0.5) is 0 Å². The third-order valence-electron chi connectivity index (χ3n) is 3.71. The highest BCUT2D eigenvalue weighted by Crippen LogP contribution is 2.32. The van der Waals surface area contributed by atoms with Gasteiger partial charge in [0.2, 0.25) is 0 Å². The van der Waals surface area contributed by atoms with Crippen LogP contribution in [0.3, 0.4) is 0 Å². The molecule has 1 heterocycles. The van der Waals surface area contributed by atoms with Gasteiger partial charge in [-0.3, -0.25) is 0 Å². The summed E-state index contributed by atoms with van der Waals surface area (Å²) in [5.74, 6) is 1.07.